The second kappa shape index (κ2) is 2.91. The Kier molecular flexibility index (Phi) is 2.38. The number of hydrogen-bond donors (Lipinski definition) is 1. The molecule has 72 valence electrons. The molecule has 1 aliphatic heterocycles. The predicted molar refractivity (Wildman–Crippen MR) is 40.9 cm³/mol. The lowest BCUT2D eigenvalue weighted by Crippen LogP contribution is -2.56. The molecule has 1 rings (SSSR count). The summed E-state index contributed by atoms with van der Waals surface area (Å²) in [7, 11) is 0. The first-order valence-corrected chi connectivity index (χ1v) is 4.22. The highest BCUT2D eigenvalue weighted by molar-refractivity contribution is 5.01. The van der Waals surface area contributed by atoms with Gasteiger partial charge in [-0.15, -0.1) is 0 Å². The molecular formula is C8H14F3N. The largest absolute Gasteiger partial charge is 0.406 e. The average molecular weight is 181 g/mol. The molecule has 0 amide bonds. The number of rotatable bonds is 1. The van der Waals surface area contributed by atoms with Gasteiger partial charge in [-0.1, -0.05) is 13.8 Å². The fourth-order valence-electron chi connectivity index (χ4n) is 1.83. The van der Waals surface area contributed by atoms with Gasteiger partial charge in [0.2, 0.25) is 0 Å². The molecule has 1 N–H and O–H groups in total. The molecule has 1 unspecified atom stereocenters. The maximum Gasteiger partial charge on any atom is 0.406 e. The van der Waals surface area contributed by atoms with E-state index < -0.39 is 11.7 Å². The lowest BCUT2D eigenvalue weighted by Gasteiger charge is -2.35. The fraction of sp³-hybridized carbons (Fsp3) is 1.00. The Morgan fingerprint density at radius 1 is 1.33 bits per heavy atom. The van der Waals surface area contributed by atoms with Gasteiger partial charge in [-0.2, -0.15) is 13.2 Å². The van der Waals surface area contributed by atoms with E-state index in [-0.39, 0.29) is 12.3 Å². The standard InChI is InChI=1S/C8H14F3N/c1-6(2)7(8(9,10)11)4-3-5-12-7/h6,12H,3-5H2,1-2H3. The molecule has 1 heterocycles. The summed E-state index contributed by atoms with van der Waals surface area (Å²) in [6.07, 6.45) is -3.27. The summed E-state index contributed by atoms with van der Waals surface area (Å²) in [6, 6.07) is 0. The molecule has 1 saturated heterocycles. The zero-order chi connectivity index (χ0) is 9.41. The van der Waals surface area contributed by atoms with Gasteiger partial charge in [0.15, 0.2) is 0 Å². The maximum atomic E-state index is 12.6. The summed E-state index contributed by atoms with van der Waals surface area (Å²) in [6.45, 7) is 3.72. The molecule has 1 aliphatic rings. The van der Waals surface area contributed by atoms with Crippen LogP contribution in [0.25, 0.3) is 0 Å². The molecule has 1 nitrogen and oxygen atoms in total. The van der Waals surface area contributed by atoms with E-state index in [9.17, 15) is 13.2 Å². The van der Waals surface area contributed by atoms with Crippen molar-refractivity contribution in [1.82, 2.24) is 5.32 Å². The van der Waals surface area contributed by atoms with Gasteiger partial charge < -0.3 is 5.32 Å². The highest BCUT2D eigenvalue weighted by Gasteiger charge is 2.57. The Morgan fingerprint density at radius 3 is 2.08 bits per heavy atom. The third-order valence-electron chi connectivity index (χ3n) is 2.68. The third-order valence-corrected chi connectivity index (χ3v) is 2.68. The molecule has 0 aliphatic carbocycles. The van der Waals surface area contributed by atoms with Crippen LogP contribution in [0.3, 0.4) is 0 Å². The second-order valence-electron chi connectivity index (χ2n) is 3.65. The van der Waals surface area contributed by atoms with Gasteiger partial charge >= 0.3 is 6.18 Å². The van der Waals surface area contributed by atoms with Crippen molar-refractivity contribution in [3.63, 3.8) is 0 Å². The summed E-state index contributed by atoms with van der Waals surface area (Å²) >= 11 is 0. The maximum absolute atomic E-state index is 12.6. The first-order valence-electron chi connectivity index (χ1n) is 4.22. The van der Waals surface area contributed by atoms with Crippen molar-refractivity contribution < 1.29 is 13.2 Å². The van der Waals surface area contributed by atoms with Crippen LogP contribution < -0.4 is 5.32 Å². The van der Waals surface area contributed by atoms with Gasteiger partial charge in [0.25, 0.3) is 0 Å². The topological polar surface area (TPSA) is 12.0 Å². The molecule has 1 fully saturated rings. The summed E-state index contributed by atoms with van der Waals surface area (Å²) in [5.74, 6) is -0.389. The van der Waals surface area contributed by atoms with Crippen molar-refractivity contribution >= 4 is 0 Å². The van der Waals surface area contributed by atoms with Gasteiger partial charge in [-0.05, 0) is 25.3 Å². The number of halogens is 3. The van der Waals surface area contributed by atoms with E-state index in [0.29, 0.717) is 13.0 Å². The minimum Gasteiger partial charge on any atom is -0.303 e. The molecule has 4 heteroatoms. The molecule has 12 heavy (non-hydrogen) atoms. The molecule has 0 aromatic carbocycles. The highest BCUT2D eigenvalue weighted by Crippen LogP contribution is 2.41. The molecule has 0 aromatic rings. The summed E-state index contributed by atoms with van der Waals surface area (Å²) < 4.78 is 37.8. The summed E-state index contributed by atoms with van der Waals surface area (Å²) in [5.41, 5.74) is -1.62. The average Bonchev–Trinajstić information content (AvgIpc) is 2.31. The van der Waals surface area contributed by atoms with Gasteiger partial charge in [-0.25, -0.2) is 0 Å². The zero-order valence-electron chi connectivity index (χ0n) is 7.33. The van der Waals surface area contributed by atoms with Gasteiger partial charge in [0.1, 0.15) is 5.54 Å². The molecule has 0 spiro atoms. The van der Waals surface area contributed by atoms with E-state index in [0.717, 1.165) is 0 Å². The van der Waals surface area contributed by atoms with Crippen LogP contribution in [-0.2, 0) is 0 Å². The van der Waals surface area contributed by atoms with E-state index in [2.05, 4.69) is 5.32 Å². The molecule has 0 bridgehead atoms. The first kappa shape index (κ1) is 9.84. The molecule has 1 atom stereocenters. The van der Waals surface area contributed by atoms with Crippen molar-refractivity contribution in [2.24, 2.45) is 5.92 Å². The molecule has 0 radical (unpaired) electrons. The van der Waals surface area contributed by atoms with Crippen LogP contribution in [0, 0.1) is 5.92 Å². The summed E-state index contributed by atoms with van der Waals surface area (Å²) in [5, 5.41) is 2.58. The van der Waals surface area contributed by atoms with Crippen LogP contribution in [-0.4, -0.2) is 18.3 Å². The van der Waals surface area contributed by atoms with Crippen LogP contribution >= 0.6 is 0 Å². The van der Waals surface area contributed by atoms with Crippen LogP contribution in [0.5, 0.6) is 0 Å². The van der Waals surface area contributed by atoms with Crippen LogP contribution in [0.4, 0.5) is 13.2 Å². The van der Waals surface area contributed by atoms with Crippen LogP contribution in [0.2, 0.25) is 0 Å². The SMILES string of the molecule is CC(C)C1(C(F)(F)F)CCCN1. The Hall–Kier alpha value is -0.250. The van der Waals surface area contributed by atoms with E-state index in [1.54, 1.807) is 13.8 Å². The third kappa shape index (κ3) is 1.32. The van der Waals surface area contributed by atoms with E-state index in [1.165, 1.54) is 0 Å². The van der Waals surface area contributed by atoms with Crippen molar-refractivity contribution in [2.45, 2.75) is 38.4 Å². The van der Waals surface area contributed by atoms with Gasteiger partial charge in [0, 0.05) is 0 Å². The van der Waals surface area contributed by atoms with Gasteiger partial charge in [-0.3, -0.25) is 0 Å². The molecular weight excluding hydrogens is 167 g/mol. The minimum atomic E-state index is -4.11. The quantitative estimate of drug-likeness (QED) is 0.654. The van der Waals surface area contributed by atoms with Crippen LogP contribution in [0.15, 0.2) is 0 Å². The smallest absolute Gasteiger partial charge is 0.303 e. The monoisotopic (exact) mass is 181 g/mol. The Morgan fingerprint density at radius 2 is 1.92 bits per heavy atom. The van der Waals surface area contributed by atoms with E-state index in [1.807, 2.05) is 0 Å². The normalized spacial score (nSPS) is 31.5. The van der Waals surface area contributed by atoms with Crippen molar-refractivity contribution in [3.8, 4) is 0 Å². The van der Waals surface area contributed by atoms with Crippen molar-refractivity contribution in [1.29, 1.82) is 0 Å². The Bertz CT molecular complexity index is 156. The lowest BCUT2D eigenvalue weighted by atomic mass is 9.84. The van der Waals surface area contributed by atoms with E-state index in [4.69, 9.17) is 0 Å². The Labute approximate surface area is 70.3 Å². The number of alkyl halides is 3. The van der Waals surface area contributed by atoms with Gasteiger partial charge in [0.05, 0.1) is 0 Å². The predicted octanol–water partition coefficient (Wildman–Crippen LogP) is 2.33. The number of hydrogen-bond acceptors (Lipinski definition) is 1. The molecule has 0 aromatic heterocycles. The van der Waals surface area contributed by atoms with E-state index >= 15 is 0 Å². The number of nitrogens with one attached hydrogen (secondary N) is 1. The lowest BCUT2D eigenvalue weighted by molar-refractivity contribution is -0.204. The first-order chi connectivity index (χ1) is 5.40. The highest BCUT2D eigenvalue weighted by atomic mass is 19.4. The van der Waals surface area contributed by atoms with Crippen LogP contribution in [0.1, 0.15) is 26.7 Å². The molecule has 0 saturated carbocycles. The Balaban J connectivity index is 2.87. The second-order valence-corrected chi connectivity index (χ2v) is 3.65. The summed E-state index contributed by atoms with van der Waals surface area (Å²) in [4.78, 5) is 0. The van der Waals surface area contributed by atoms with Crippen molar-refractivity contribution in [2.75, 3.05) is 6.54 Å². The zero-order valence-corrected chi connectivity index (χ0v) is 7.33. The van der Waals surface area contributed by atoms with Crippen molar-refractivity contribution in [3.05, 3.63) is 0 Å². The fourth-order valence-corrected chi connectivity index (χ4v) is 1.83. The minimum absolute atomic E-state index is 0.216.